The van der Waals surface area contributed by atoms with E-state index >= 15 is 0 Å². The fourth-order valence-corrected chi connectivity index (χ4v) is 4.23. The maximum absolute atomic E-state index is 12.9. The lowest BCUT2D eigenvalue weighted by molar-refractivity contribution is -0.141. The molecule has 0 saturated heterocycles. The number of thiophene rings is 1. The third kappa shape index (κ3) is 3.97. The Hall–Kier alpha value is -3.45. The number of carbonyl (C=O) groups excluding carboxylic acids is 2. The molecule has 0 aliphatic carbocycles. The lowest BCUT2D eigenvalue weighted by atomic mass is 10.1. The number of methoxy groups -OCH3 is 1. The number of nitrogens with one attached hydrogen (secondary N) is 1. The summed E-state index contributed by atoms with van der Waals surface area (Å²) in [6.45, 7) is 1.94. The number of amides is 1. The number of rotatable bonds is 6. The van der Waals surface area contributed by atoms with E-state index in [1.807, 2.05) is 60.8 Å². The van der Waals surface area contributed by atoms with Crippen molar-refractivity contribution in [1.29, 1.82) is 0 Å². The molecule has 4 aromatic rings. The Kier molecular flexibility index (Phi) is 5.63. The fraction of sp³-hybridized carbons (Fsp3) is 0.174. The molecule has 1 unspecified atom stereocenters. The lowest BCUT2D eigenvalue weighted by Crippen LogP contribution is -2.30. The highest BCUT2D eigenvalue weighted by atomic mass is 32.1. The number of hydrogen-bond donors (Lipinski definition) is 1. The standard InChI is InChI=1S/C23H21N3O3S/c1-15-24-18-13-16(10-11-20(18)26(15)17-7-4-3-5-8-17)23(28)25-19(14-22(27)29-2)21-9-6-12-30-21/h3-13,19H,14H2,1-2H3,(H,25,28). The molecule has 152 valence electrons. The van der Waals surface area contributed by atoms with Crippen LogP contribution in [-0.4, -0.2) is 28.5 Å². The molecule has 0 spiro atoms. The number of esters is 1. The predicted molar refractivity (Wildman–Crippen MR) is 117 cm³/mol. The zero-order chi connectivity index (χ0) is 21.1. The molecule has 0 saturated carbocycles. The molecule has 2 aromatic heterocycles. The number of para-hydroxylation sites is 1. The van der Waals surface area contributed by atoms with Crippen LogP contribution >= 0.6 is 11.3 Å². The Morgan fingerprint density at radius 1 is 1.13 bits per heavy atom. The van der Waals surface area contributed by atoms with E-state index in [1.165, 1.54) is 18.4 Å². The van der Waals surface area contributed by atoms with Crippen molar-refractivity contribution in [2.75, 3.05) is 7.11 Å². The Labute approximate surface area is 178 Å². The van der Waals surface area contributed by atoms with Crippen molar-refractivity contribution in [3.8, 4) is 5.69 Å². The smallest absolute Gasteiger partial charge is 0.307 e. The second-order valence-electron chi connectivity index (χ2n) is 6.86. The number of hydrogen-bond acceptors (Lipinski definition) is 5. The van der Waals surface area contributed by atoms with Crippen LogP contribution in [0.15, 0.2) is 66.0 Å². The summed E-state index contributed by atoms with van der Waals surface area (Å²) < 4.78 is 6.84. The SMILES string of the molecule is COC(=O)CC(NC(=O)c1ccc2c(c1)nc(C)n2-c1ccccc1)c1cccs1. The van der Waals surface area contributed by atoms with Gasteiger partial charge in [-0.15, -0.1) is 11.3 Å². The van der Waals surface area contributed by atoms with Gasteiger partial charge in [0, 0.05) is 16.1 Å². The fourth-order valence-electron chi connectivity index (χ4n) is 3.45. The summed E-state index contributed by atoms with van der Waals surface area (Å²) in [5, 5.41) is 4.87. The van der Waals surface area contributed by atoms with Gasteiger partial charge in [0.2, 0.25) is 0 Å². The Balaban J connectivity index is 1.62. The zero-order valence-electron chi connectivity index (χ0n) is 16.7. The number of ether oxygens (including phenoxy) is 1. The number of imidazole rings is 1. The van der Waals surface area contributed by atoms with Gasteiger partial charge in [0.05, 0.1) is 30.6 Å². The second-order valence-corrected chi connectivity index (χ2v) is 7.83. The Morgan fingerprint density at radius 2 is 1.93 bits per heavy atom. The molecule has 2 heterocycles. The number of aromatic nitrogens is 2. The first kappa shape index (κ1) is 19.8. The van der Waals surface area contributed by atoms with E-state index in [4.69, 9.17) is 4.74 Å². The minimum absolute atomic E-state index is 0.0761. The average Bonchev–Trinajstić information content (AvgIpc) is 3.40. The van der Waals surface area contributed by atoms with Crippen LogP contribution in [0.25, 0.3) is 16.7 Å². The number of carbonyl (C=O) groups is 2. The zero-order valence-corrected chi connectivity index (χ0v) is 17.5. The van der Waals surface area contributed by atoms with Crippen LogP contribution in [0.4, 0.5) is 0 Å². The largest absolute Gasteiger partial charge is 0.469 e. The van der Waals surface area contributed by atoms with Crippen LogP contribution in [0.1, 0.15) is 33.5 Å². The highest BCUT2D eigenvalue weighted by Crippen LogP contribution is 2.25. The van der Waals surface area contributed by atoms with Gasteiger partial charge in [0.15, 0.2) is 0 Å². The van der Waals surface area contributed by atoms with Gasteiger partial charge in [-0.25, -0.2) is 4.98 Å². The van der Waals surface area contributed by atoms with E-state index in [1.54, 1.807) is 12.1 Å². The van der Waals surface area contributed by atoms with Crippen molar-refractivity contribution in [2.24, 2.45) is 0 Å². The molecule has 6 nitrogen and oxygen atoms in total. The van der Waals surface area contributed by atoms with Gasteiger partial charge < -0.3 is 10.1 Å². The molecule has 1 amide bonds. The van der Waals surface area contributed by atoms with Gasteiger partial charge in [-0.05, 0) is 48.7 Å². The summed E-state index contributed by atoms with van der Waals surface area (Å²) in [6, 6.07) is 18.8. The third-order valence-electron chi connectivity index (χ3n) is 4.89. The summed E-state index contributed by atoms with van der Waals surface area (Å²) in [5.74, 6) is 0.211. The van der Waals surface area contributed by atoms with Gasteiger partial charge in [-0.3, -0.25) is 14.2 Å². The second kappa shape index (κ2) is 8.51. The summed E-state index contributed by atoms with van der Waals surface area (Å²) >= 11 is 1.49. The van der Waals surface area contributed by atoms with E-state index in [9.17, 15) is 9.59 Å². The Morgan fingerprint density at radius 3 is 2.63 bits per heavy atom. The summed E-state index contributed by atoms with van der Waals surface area (Å²) in [5.41, 5.74) is 3.18. The number of fused-ring (bicyclic) bond motifs is 1. The summed E-state index contributed by atoms with van der Waals surface area (Å²) in [4.78, 5) is 30.3. The molecule has 0 bridgehead atoms. The average molecular weight is 420 g/mol. The monoisotopic (exact) mass is 419 g/mol. The molecule has 0 radical (unpaired) electrons. The molecule has 1 N–H and O–H groups in total. The first-order chi connectivity index (χ1) is 14.6. The van der Waals surface area contributed by atoms with Crippen molar-refractivity contribution in [1.82, 2.24) is 14.9 Å². The molecule has 0 aliphatic heterocycles. The van der Waals surface area contributed by atoms with Gasteiger partial charge in [0.1, 0.15) is 5.82 Å². The van der Waals surface area contributed by atoms with E-state index in [0.717, 1.165) is 27.4 Å². The van der Waals surface area contributed by atoms with Gasteiger partial charge in [-0.1, -0.05) is 24.3 Å². The van der Waals surface area contributed by atoms with Crippen LogP contribution in [-0.2, 0) is 9.53 Å². The quantitative estimate of drug-likeness (QED) is 0.469. The summed E-state index contributed by atoms with van der Waals surface area (Å²) in [6.07, 6.45) is 0.0761. The van der Waals surface area contributed by atoms with E-state index in [0.29, 0.717) is 5.56 Å². The maximum Gasteiger partial charge on any atom is 0.307 e. The normalized spacial score (nSPS) is 11.9. The Bertz CT molecular complexity index is 1180. The van der Waals surface area contributed by atoms with Gasteiger partial charge in [0.25, 0.3) is 5.91 Å². The van der Waals surface area contributed by atoms with Crippen molar-refractivity contribution in [2.45, 2.75) is 19.4 Å². The maximum atomic E-state index is 12.9. The van der Waals surface area contributed by atoms with Crippen LogP contribution in [0.5, 0.6) is 0 Å². The van der Waals surface area contributed by atoms with Crippen LogP contribution in [0, 0.1) is 6.92 Å². The van der Waals surface area contributed by atoms with E-state index in [-0.39, 0.29) is 18.3 Å². The molecule has 1 atom stereocenters. The van der Waals surface area contributed by atoms with Gasteiger partial charge >= 0.3 is 5.97 Å². The molecular formula is C23H21N3O3S. The van der Waals surface area contributed by atoms with Crippen LogP contribution < -0.4 is 5.32 Å². The van der Waals surface area contributed by atoms with Crippen LogP contribution in [0.3, 0.4) is 0 Å². The van der Waals surface area contributed by atoms with Crippen molar-refractivity contribution in [3.05, 3.63) is 82.3 Å². The predicted octanol–water partition coefficient (Wildman–Crippen LogP) is 4.43. The minimum atomic E-state index is -0.441. The molecule has 0 aliphatic rings. The first-order valence-electron chi connectivity index (χ1n) is 9.52. The van der Waals surface area contributed by atoms with Crippen molar-refractivity contribution < 1.29 is 14.3 Å². The van der Waals surface area contributed by atoms with E-state index in [2.05, 4.69) is 14.9 Å². The third-order valence-corrected chi connectivity index (χ3v) is 5.88. The molecule has 7 heteroatoms. The van der Waals surface area contributed by atoms with Crippen molar-refractivity contribution in [3.63, 3.8) is 0 Å². The highest BCUT2D eigenvalue weighted by molar-refractivity contribution is 7.10. The minimum Gasteiger partial charge on any atom is -0.469 e. The van der Waals surface area contributed by atoms with Crippen molar-refractivity contribution >= 4 is 34.2 Å². The molecule has 0 fully saturated rings. The topological polar surface area (TPSA) is 73.2 Å². The van der Waals surface area contributed by atoms with E-state index < -0.39 is 6.04 Å². The number of aryl methyl sites for hydroxylation is 1. The lowest BCUT2D eigenvalue weighted by Gasteiger charge is -2.16. The van der Waals surface area contributed by atoms with Gasteiger partial charge in [-0.2, -0.15) is 0 Å². The first-order valence-corrected chi connectivity index (χ1v) is 10.4. The molecular weight excluding hydrogens is 398 g/mol. The molecule has 30 heavy (non-hydrogen) atoms. The highest BCUT2D eigenvalue weighted by Gasteiger charge is 2.21. The summed E-state index contributed by atoms with van der Waals surface area (Å²) in [7, 11) is 1.34. The van der Waals surface area contributed by atoms with Crippen LogP contribution in [0.2, 0.25) is 0 Å². The number of benzene rings is 2. The molecule has 2 aromatic carbocycles. The number of nitrogens with zero attached hydrogens (tertiary/aromatic N) is 2. The molecule has 4 rings (SSSR count).